The second-order valence-electron chi connectivity index (χ2n) is 8.43. The van der Waals surface area contributed by atoms with Gasteiger partial charge in [0.2, 0.25) is 0 Å². The van der Waals surface area contributed by atoms with E-state index in [9.17, 15) is 0 Å². The highest BCUT2D eigenvalue weighted by Crippen LogP contribution is 2.32. The van der Waals surface area contributed by atoms with Gasteiger partial charge >= 0.3 is 0 Å². The molecule has 1 saturated heterocycles. The third-order valence-electron chi connectivity index (χ3n) is 5.52. The molecule has 1 N–H and O–H groups in total. The van der Waals surface area contributed by atoms with E-state index in [0.717, 1.165) is 26.1 Å². The molecule has 21 heavy (non-hydrogen) atoms. The van der Waals surface area contributed by atoms with Crippen LogP contribution in [-0.2, 0) is 4.74 Å². The molecule has 0 saturated carbocycles. The summed E-state index contributed by atoms with van der Waals surface area (Å²) in [6, 6.07) is 0.594. The lowest BCUT2D eigenvalue weighted by Crippen LogP contribution is -2.66. The van der Waals surface area contributed by atoms with Crippen molar-refractivity contribution < 1.29 is 4.74 Å². The Balaban J connectivity index is 2.84. The van der Waals surface area contributed by atoms with Crippen LogP contribution in [-0.4, -0.2) is 48.8 Å². The molecule has 0 aromatic carbocycles. The Labute approximate surface area is 132 Å². The Bertz CT molecular complexity index is 316. The normalized spacial score (nSPS) is 24.3. The highest BCUT2D eigenvalue weighted by Gasteiger charge is 2.41. The fraction of sp³-hybridized carbons (Fsp3) is 1.00. The first-order valence-corrected chi connectivity index (χ1v) is 8.63. The van der Waals surface area contributed by atoms with E-state index in [1.54, 1.807) is 0 Å². The summed E-state index contributed by atoms with van der Waals surface area (Å²) >= 11 is 0. The molecular formula is C18H38N2O. The average molecular weight is 299 g/mol. The summed E-state index contributed by atoms with van der Waals surface area (Å²) in [6.45, 7) is 19.4. The van der Waals surface area contributed by atoms with Crippen LogP contribution in [0.4, 0.5) is 0 Å². The fourth-order valence-corrected chi connectivity index (χ4v) is 3.32. The second kappa shape index (κ2) is 6.97. The van der Waals surface area contributed by atoms with Gasteiger partial charge in [0.25, 0.3) is 0 Å². The van der Waals surface area contributed by atoms with Crippen molar-refractivity contribution in [2.45, 2.75) is 84.9 Å². The minimum absolute atomic E-state index is 0.0333. The molecule has 1 unspecified atom stereocenters. The number of nitrogens with zero attached hydrogens (tertiary/aromatic N) is 1. The smallest absolute Gasteiger partial charge is 0.0634 e. The van der Waals surface area contributed by atoms with Crippen LogP contribution in [0, 0.1) is 5.41 Å². The van der Waals surface area contributed by atoms with Crippen molar-refractivity contribution in [3.63, 3.8) is 0 Å². The zero-order chi connectivity index (χ0) is 16.3. The summed E-state index contributed by atoms with van der Waals surface area (Å²) in [6.07, 6.45) is 3.48. The third kappa shape index (κ3) is 4.94. The van der Waals surface area contributed by atoms with Gasteiger partial charge in [-0.3, -0.25) is 4.90 Å². The number of piperazine rings is 1. The highest BCUT2D eigenvalue weighted by atomic mass is 16.5. The molecule has 1 aliphatic rings. The van der Waals surface area contributed by atoms with E-state index in [2.05, 4.69) is 58.7 Å². The fourth-order valence-electron chi connectivity index (χ4n) is 3.32. The molecule has 0 aromatic heterocycles. The number of ether oxygens (including phenoxy) is 1. The van der Waals surface area contributed by atoms with Gasteiger partial charge < -0.3 is 10.1 Å². The van der Waals surface area contributed by atoms with Crippen LogP contribution in [0.1, 0.15) is 67.7 Å². The van der Waals surface area contributed by atoms with E-state index >= 15 is 0 Å². The number of hydrogen-bond donors (Lipinski definition) is 1. The summed E-state index contributed by atoms with van der Waals surface area (Å²) in [5.74, 6) is 0. The van der Waals surface area contributed by atoms with Gasteiger partial charge in [0.15, 0.2) is 0 Å². The molecule has 0 radical (unpaired) electrons. The second-order valence-corrected chi connectivity index (χ2v) is 8.43. The predicted octanol–water partition coefficient (Wildman–Crippen LogP) is 3.68. The van der Waals surface area contributed by atoms with Gasteiger partial charge in [0.05, 0.1) is 5.60 Å². The number of methoxy groups -OCH3 is 1. The molecule has 1 rings (SSSR count). The van der Waals surface area contributed by atoms with Crippen LogP contribution in [0.25, 0.3) is 0 Å². The van der Waals surface area contributed by atoms with Crippen LogP contribution in [0.5, 0.6) is 0 Å². The van der Waals surface area contributed by atoms with Gasteiger partial charge in [0.1, 0.15) is 0 Å². The minimum Gasteiger partial charge on any atom is -0.379 e. The van der Waals surface area contributed by atoms with Crippen molar-refractivity contribution in [2.24, 2.45) is 5.41 Å². The number of nitrogens with one attached hydrogen (secondary N) is 1. The van der Waals surface area contributed by atoms with Crippen LogP contribution in [0.3, 0.4) is 0 Å². The van der Waals surface area contributed by atoms with Gasteiger partial charge in [-0.15, -0.1) is 0 Å². The van der Waals surface area contributed by atoms with Crippen LogP contribution < -0.4 is 5.32 Å². The molecule has 1 fully saturated rings. The molecule has 126 valence electrons. The first-order valence-electron chi connectivity index (χ1n) is 8.63. The molecule has 1 aliphatic heterocycles. The van der Waals surface area contributed by atoms with Crippen molar-refractivity contribution >= 4 is 0 Å². The summed E-state index contributed by atoms with van der Waals surface area (Å²) in [5.41, 5.74) is 0.561. The van der Waals surface area contributed by atoms with Crippen LogP contribution in [0.2, 0.25) is 0 Å². The Kier molecular flexibility index (Phi) is 6.28. The SMILES string of the molecule is CCC1(CC)CN(CCC(C)(C)OC)C(C(C)(C)C)CN1. The minimum atomic E-state index is -0.0333. The largest absolute Gasteiger partial charge is 0.379 e. The summed E-state index contributed by atoms with van der Waals surface area (Å²) < 4.78 is 5.61. The van der Waals surface area contributed by atoms with Gasteiger partial charge in [-0.05, 0) is 38.5 Å². The molecule has 0 bridgehead atoms. The molecule has 3 heteroatoms. The van der Waals surface area contributed by atoms with Crippen molar-refractivity contribution in [1.82, 2.24) is 10.2 Å². The van der Waals surface area contributed by atoms with E-state index in [1.807, 2.05) is 7.11 Å². The van der Waals surface area contributed by atoms with Gasteiger partial charge in [0, 0.05) is 38.3 Å². The Morgan fingerprint density at radius 2 is 1.71 bits per heavy atom. The van der Waals surface area contributed by atoms with Crippen molar-refractivity contribution in [1.29, 1.82) is 0 Å². The maximum atomic E-state index is 5.61. The lowest BCUT2D eigenvalue weighted by Gasteiger charge is -2.52. The van der Waals surface area contributed by atoms with E-state index in [-0.39, 0.29) is 5.60 Å². The molecule has 1 atom stereocenters. The average Bonchev–Trinajstić information content (AvgIpc) is 2.43. The molecular weight excluding hydrogens is 260 g/mol. The molecule has 0 aromatic rings. The zero-order valence-corrected chi connectivity index (χ0v) is 15.7. The monoisotopic (exact) mass is 298 g/mol. The lowest BCUT2D eigenvalue weighted by molar-refractivity contribution is -0.0230. The summed E-state index contributed by atoms with van der Waals surface area (Å²) in [7, 11) is 1.82. The number of hydrogen-bond acceptors (Lipinski definition) is 3. The first kappa shape index (κ1) is 18.9. The maximum Gasteiger partial charge on any atom is 0.0634 e. The predicted molar refractivity (Wildman–Crippen MR) is 91.8 cm³/mol. The van der Waals surface area contributed by atoms with Crippen molar-refractivity contribution in [2.75, 3.05) is 26.7 Å². The van der Waals surface area contributed by atoms with Crippen molar-refractivity contribution in [3.05, 3.63) is 0 Å². The van der Waals surface area contributed by atoms with E-state index in [1.165, 1.54) is 12.8 Å². The van der Waals surface area contributed by atoms with Gasteiger partial charge in [-0.2, -0.15) is 0 Å². The van der Waals surface area contributed by atoms with Crippen molar-refractivity contribution in [3.8, 4) is 0 Å². The molecule has 3 nitrogen and oxygen atoms in total. The summed E-state index contributed by atoms with van der Waals surface area (Å²) in [5, 5.41) is 3.86. The van der Waals surface area contributed by atoms with Crippen LogP contribution in [0.15, 0.2) is 0 Å². The maximum absolute atomic E-state index is 5.61. The van der Waals surface area contributed by atoms with E-state index in [0.29, 0.717) is 17.0 Å². The van der Waals surface area contributed by atoms with Gasteiger partial charge in [-0.25, -0.2) is 0 Å². The topological polar surface area (TPSA) is 24.5 Å². The third-order valence-corrected chi connectivity index (χ3v) is 5.52. The Morgan fingerprint density at radius 3 is 2.14 bits per heavy atom. The van der Waals surface area contributed by atoms with E-state index < -0.39 is 0 Å². The zero-order valence-electron chi connectivity index (χ0n) is 15.7. The van der Waals surface area contributed by atoms with Crippen LogP contribution >= 0.6 is 0 Å². The highest BCUT2D eigenvalue weighted by molar-refractivity contribution is 5.00. The number of rotatable bonds is 6. The quantitative estimate of drug-likeness (QED) is 0.809. The Hall–Kier alpha value is -0.120. The molecule has 0 aliphatic carbocycles. The summed E-state index contributed by atoms with van der Waals surface area (Å²) in [4.78, 5) is 2.71. The standard InChI is InChI=1S/C18H38N2O/c1-9-18(10-2)14-20(12-11-17(6,7)21-8)15(13-19-18)16(3,4)5/h15,19H,9-14H2,1-8H3. The first-order chi connectivity index (χ1) is 9.59. The lowest BCUT2D eigenvalue weighted by atomic mass is 9.79. The molecule has 1 heterocycles. The van der Waals surface area contributed by atoms with E-state index in [4.69, 9.17) is 4.74 Å². The van der Waals surface area contributed by atoms with Gasteiger partial charge in [-0.1, -0.05) is 34.6 Å². The molecule has 0 spiro atoms. The Morgan fingerprint density at radius 1 is 1.14 bits per heavy atom. The molecule has 0 amide bonds.